The highest BCUT2D eigenvalue weighted by atomic mass is 16.5. The fraction of sp³-hybridized carbons (Fsp3) is 0.235. The molecular formula is C17H16O5. The van der Waals surface area contributed by atoms with Gasteiger partial charge in [0, 0.05) is 10.8 Å². The minimum atomic E-state index is -0.438. The van der Waals surface area contributed by atoms with Crippen LogP contribution in [0, 0.1) is 6.92 Å². The summed E-state index contributed by atoms with van der Waals surface area (Å²) in [5.41, 5.74) is 0.833. The predicted octanol–water partition coefficient (Wildman–Crippen LogP) is 3.28. The Balaban J connectivity index is 2.66. The Bertz CT molecular complexity index is 924. The van der Waals surface area contributed by atoms with E-state index in [2.05, 4.69) is 0 Å². The summed E-state index contributed by atoms with van der Waals surface area (Å²) < 4.78 is 21.6. The van der Waals surface area contributed by atoms with E-state index in [0.29, 0.717) is 28.2 Å². The largest absolute Gasteiger partial charge is 0.496 e. The first kappa shape index (κ1) is 14.3. The maximum atomic E-state index is 12.3. The van der Waals surface area contributed by atoms with E-state index in [9.17, 15) is 4.79 Å². The average molecular weight is 300 g/mol. The van der Waals surface area contributed by atoms with Gasteiger partial charge in [0.2, 0.25) is 5.75 Å². The lowest BCUT2D eigenvalue weighted by Crippen LogP contribution is -2.03. The number of ether oxygens (including phenoxy) is 3. The molecule has 5 nitrogen and oxygen atoms in total. The number of aryl methyl sites for hydroxylation is 1. The fourth-order valence-electron chi connectivity index (χ4n) is 2.77. The third-order valence-electron chi connectivity index (χ3n) is 3.73. The van der Waals surface area contributed by atoms with Crippen molar-refractivity contribution in [2.75, 3.05) is 21.3 Å². The lowest BCUT2D eigenvalue weighted by molar-refractivity contribution is 0.352. The second-order valence-corrected chi connectivity index (χ2v) is 4.91. The summed E-state index contributed by atoms with van der Waals surface area (Å²) in [6.07, 6.45) is 0. The predicted molar refractivity (Wildman–Crippen MR) is 84.4 cm³/mol. The van der Waals surface area contributed by atoms with E-state index in [1.165, 1.54) is 7.11 Å². The highest BCUT2D eigenvalue weighted by molar-refractivity contribution is 6.11. The van der Waals surface area contributed by atoms with Crippen molar-refractivity contribution in [2.24, 2.45) is 0 Å². The van der Waals surface area contributed by atoms with Gasteiger partial charge >= 0.3 is 5.63 Å². The molecule has 0 radical (unpaired) electrons. The van der Waals surface area contributed by atoms with Crippen molar-refractivity contribution in [2.45, 2.75) is 6.92 Å². The molecule has 0 amide bonds. The molecule has 0 N–H and O–H groups in total. The Morgan fingerprint density at radius 2 is 1.68 bits per heavy atom. The van der Waals surface area contributed by atoms with Crippen LogP contribution in [-0.2, 0) is 0 Å². The molecule has 0 spiro atoms. The highest BCUT2D eigenvalue weighted by Crippen LogP contribution is 2.41. The number of methoxy groups -OCH3 is 3. The third kappa shape index (κ3) is 1.89. The topological polar surface area (TPSA) is 57.9 Å². The van der Waals surface area contributed by atoms with Gasteiger partial charge in [-0.2, -0.15) is 0 Å². The van der Waals surface area contributed by atoms with Crippen molar-refractivity contribution in [3.63, 3.8) is 0 Å². The summed E-state index contributed by atoms with van der Waals surface area (Å²) in [7, 11) is 4.63. The molecule has 0 unspecified atom stereocenters. The molecule has 0 bridgehead atoms. The first-order chi connectivity index (χ1) is 10.6. The smallest absolute Gasteiger partial charge is 0.344 e. The zero-order valence-electron chi connectivity index (χ0n) is 12.9. The van der Waals surface area contributed by atoms with Gasteiger partial charge in [-0.05, 0) is 30.7 Å². The Labute approximate surface area is 127 Å². The number of hydrogen-bond acceptors (Lipinski definition) is 5. The van der Waals surface area contributed by atoms with E-state index in [1.54, 1.807) is 26.4 Å². The van der Waals surface area contributed by atoms with Crippen molar-refractivity contribution >= 4 is 21.7 Å². The lowest BCUT2D eigenvalue weighted by Gasteiger charge is -2.14. The van der Waals surface area contributed by atoms with Gasteiger partial charge in [0.1, 0.15) is 5.75 Å². The molecule has 0 aliphatic rings. The van der Waals surface area contributed by atoms with Crippen molar-refractivity contribution in [3.8, 4) is 17.2 Å². The second-order valence-electron chi connectivity index (χ2n) is 4.91. The van der Waals surface area contributed by atoms with E-state index in [1.807, 2.05) is 19.1 Å². The van der Waals surface area contributed by atoms with Crippen molar-refractivity contribution in [1.82, 2.24) is 0 Å². The van der Waals surface area contributed by atoms with Crippen LogP contribution in [0.2, 0.25) is 0 Å². The molecule has 1 heterocycles. The van der Waals surface area contributed by atoms with E-state index >= 15 is 0 Å². The van der Waals surface area contributed by atoms with Gasteiger partial charge in [-0.1, -0.05) is 6.07 Å². The van der Waals surface area contributed by atoms with Crippen LogP contribution in [0.15, 0.2) is 33.5 Å². The van der Waals surface area contributed by atoms with Gasteiger partial charge in [-0.3, -0.25) is 0 Å². The Kier molecular flexibility index (Phi) is 3.41. The van der Waals surface area contributed by atoms with Crippen molar-refractivity contribution in [3.05, 3.63) is 40.2 Å². The summed E-state index contributed by atoms with van der Waals surface area (Å²) in [6, 6.07) is 7.16. The maximum Gasteiger partial charge on any atom is 0.344 e. The Hall–Kier alpha value is -2.69. The molecule has 0 aliphatic carbocycles. The minimum absolute atomic E-state index is 0.362. The Morgan fingerprint density at radius 3 is 2.32 bits per heavy atom. The van der Waals surface area contributed by atoms with Crippen LogP contribution in [0.3, 0.4) is 0 Å². The highest BCUT2D eigenvalue weighted by Gasteiger charge is 2.20. The van der Waals surface area contributed by atoms with Gasteiger partial charge in [0.15, 0.2) is 11.3 Å². The summed E-state index contributed by atoms with van der Waals surface area (Å²) >= 11 is 0. The quantitative estimate of drug-likeness (QED) is 0.549. The second kappa shape index (κ2) is 5.26. The van der Waals surface area contributed by atoms with E-state index in [-0.39, 0.29) is 0 Å². The molecule has 0 saturated carbocycles. The van der Waals surface area contributed by atoms with E-state index < -0.39 is 5.63 Å². The van der Waals surface area contributed by atoms with Gasteiger partial charge in [0.25, 0.3) is 0 Å². The zero-order chi connectivity index (χ0) is 15.9. The summed E-state index contributed by atoms with van der Waals surface area (Å²) in [4.78, 5) is 12.3. The third-order valence-corrected chi connectivity index (χ3v) is 3.73. The van der Waals surface area contributed by atoms with Gasteiger partial charge < -0.3 is 18.6 Å². The molecule has 22 heavy (non-hydrogen) atoms. The minimum Gasteiger partial charge on any atom is -0.496 e. The van der Waals surface area contributed by atoms with E-state index in [4.69, 9.17) is 18.6 Å². The van der Waals surface area contributed by atoms with E-state index in [0.717, 1.165) is 16.3 Å². The molecule has 114 valence electrons. The fourth-order valence-corrected chi connectivity index (χ4v) is 2.77. The lowest BCUT2D eigenvalue weighted by atomic mass is 10.0. The molecule has 3 rings (SSSR count). The molecule has 0 saturated heterocycles. The van der Waals surface area contributed by atoms with Gasteiger partial charge in [-0.25, -0.2) is 4.79 Å². The van der Waals surface area contributed by atoms with Crippen LogP contribution in [0.25, 0.3) is 21.7 Å². The summed E-state index contributed by atoms with van der Waals surface area (Å²) in [5, 5.41) is 1.97. The standard InChI is InChI=1S/C17H16O5/c1-9-8-12(20-3)15(21-4)16-13(9)14-10(17(18)22-16)6-5-7-11(14)19-2/h5-8H,1-4H3. The van der Waals surface area contributed by atoms with Crippen LogP contribution in [-0.4, -0.2) is 21.3 Å². The molecule has 5 heteroatoms. The van der Waals surface area contributed by atoms with Crippen molar-refractivity contribution in [1.29, 1.82) is 0 Å². The summed E-state index contributed by atoms with van der Waals surface area (Å²) in [5.74, 6) is 1.53. The molecule has 1 aromatic heterocycles. The van der Waals surface area contributed by atoms with Gasteiger partial charge in [-0.15, -0.1) is 0 Å². The molecule has 0 atom stereocenters. The number of hydrogen-bond donors (Lipinski definition) is 0. The van der Waals surface area contributed by atoms with Crippen LogP contribution < -0.4 is 19.8 Å². The molecule has 0 aliphatic heterocycles. The molecule has 2 aromatic carbocycles. The zero-order valence-corrected chi connectivity index (χ0v) is 12.9. The normalized spacial score (nSPS) is 10.9. The number of rotatable bonds is 3. The molecular weight excluding hydrogens is 284 g/mol. The van der Waals surface area contributed by atoms with Crippen LogP contribution >= 0.6 is 0 Å². The first-order valence-corrected chi connectivity index (χ1v) is 6.77. The van der Waals surface area contributed by atoms with Crippen LogP contribution in [0.5, 0.6) is 17.2 Å². The molecule has 3 aromatic rings. The monoisotopic (exact) mass is 300 g/mol. The van der Waals surface area contributed by atoms with Crippen LogP contribution in [0.1, 0.15) is 5.56 Å². The molecule has 0 fully saturated rings. The number of benzene rings is 2. The first-order valence-electron chi connectivity index (χ1n) is 6.77. The van der Waals surface area contributed by atoms with Crippen LogP contribution in [0.4, 0.5) is 0 Å². The number of fused-ring (bicyclic) bond motifs is 3. The Morgan fingerprint density at radius 1 is 0.955 bits per heavy atom. The average Bonchev–Trinajstić information content (AvgIpc) is 2.53. The van der Waals surface area contributed by atoms with Gasteiger partial charge in [0.05, 0.1) is 26.7 Å². The SMILES string of the molecule is COc1cc(C)c2c(oc(=O)c3cccc(OC)c32)c1OC. The summed E-state index contributed by atoms with van der Waals surface area (Å²) in [6.45, 7) is 1.93. The van der Waals surface area contributed by atoms with Crippen molar-refractivity contribution < 1.29 is 18.6 Å². The maximum absolute atomic E-state index is 12.3.